The second-order valence-electron chi connectivity index (χ2n) is 5.62. The average molecular weight is 314 g/mol. The van der Waals surface area contributed by atoms with Gasteiger partial charge in [-0.25, -0.2) is 4.39 Å². The number of carbonyl (C=O) groups excluding carboxylic acids is 1. The lowest BCUT2D eigenvalue weighted by Crippen LogP contribution is -2.43. The Kier molecular flexibility index (Phi) is 3.76. The van der Waals surface area contributed by atoms with Crippen molar-refractivity contribution in [3.8, 4) is 0 Å². The minimum Gasteiger partial charge on any atom is -0.338 e. The lowest BCUT2D eigenvalue weighted by molar-refractivity contribution is 0.0579. The van der Waals surface area contributed by atoms with E-state index in [1.54, 1.807) is 17.0 Å². The van der Waals surface area contributed by atoms with Crippen molar-refractivity contribution < 1.29 is 9.18 Å². The van der Waals surface area contributed by atoms with Crippen LogP contribution in [0.25, 0.3) is 0 Å². The Bertz CT molecular complexity index is 473. The summed E-state index contributed by atoms with van der Waals surface area (Å²) < 4.78 is 14.4. The van der Waals surface area contributed by atoms with E-state index in [2.05, 4.69) is 29.8 Å². The molecule has 18 heavy (non-hydrogen) atoms. The second kappa shape index (κ2) is 5.00. The van der Waals surface area contributed by atoms with E-state index in [4.69, 9.17) is 0 Å². The summed E-state index contributed by atoms with van der Waals surface area (Å²) in [6.07, 6.45) is 2.09. The molecule has 1 fully saturated rings. The summed E-state index contributed by atoms with van der Waals surface area (Å²) in [5.41, 5.74) is 0.288. The number of carbonyl (C=O) groups is 1. The minimum absolute atomic E-state index is 0.125. The Morgan fingerprint density at radius 1 is 1.44 bits per heavy atom. The van der Waals surface area contributed by atoms with Gasteiger partial charge in [0.25, 0.3) is 5.91 Å². The average Bonchev–Trinajstić information content (AvgIpc) is 2.27. The molecule has 0 aromatic heterocycles. The van der Waals surface area contributed by atoms with Crippen LogP contribution in [0.2, 0.25) is 0 Å². The molecule has 1 heterocycles. The molecule has 1 saturated heterocycles. The predicted molar refractivity (Wildman–Crippen MR) is 73.0 cm³/mol. The molecule has 2 nitrogen and oxygen atoms in total. The minimum atomic E-state index is -0.460. The van der Waals surface area contributed by atoms with Gasteiger partial charge in [-0.05, 0) is 36.5 Å². The quantitative estimate of drug-likeness (QED) is 0.771. The number of amides is 1. The lowest BCUT2D eigenvalue weighted by atomic mass is 9.84. The van der Waals surface area contributed by atoms with Gasteiger partial charge in [0, 0.05) is 17.6 Å². The first-order valence-corrected chi connectivity index (χ1v) is 6.93. The van der Waals surface area contributed by atoms with Crippen LogP contribution in [-0.4, -0.2) is 23.9 Å². The van der Waals surface area contributed by atoms with E-state index in [0.29, 0.717) is 11.0 Å². The molecule has 0 saturated carbocycles. The fourth-order valence-electron chi connectivity index (χ4n) is 2.43. The van der Waals surface area contributed by atoms with Crippen molar-refractivity contribution in [1.82, 2.24) is 4.90 Å². The van der Waals surface area contributed by atoms with E-state index in [1.807, 2.05) is 0 Å². The predicted octanol–water partition coefficient (Wildman–Crippen LogP) is 3.85. The highest BCUT2D eigenvalue weighted by atomic mass is 79.9. The summed E-state index contributed by atoms with van der Waals surface area (Å²) in [5.74, 6) is -0.662. The summed E-state index contributed by atoms with van der Waals surface area (Å²) in [7, 11) is 0. The van der Waals surface area contributed by atoms with Gasteiger partial charge < -0.3 is 4.90 Å². The van der Waals surface area contributed by atoms with E-state index in [9.17, 15) is 9.18 Å². The van der Waals surface area contributed by atoms with E-state index >= 15 is 0 Å². The van der Waals surface area contributed by atoms with Gasteiger partial charge in [-0.3, -0.25) is 4.79 Å². The van der Waals surface area contributed by atoms with Gasteiger partial charge in [-0.2, -0.15) is 0 Å². The van der Waals surface area contributed by atoms with Crippen LogP contribution < -0.4 is 0 Å². The Balaban J connectivity index is 2.20. The SMILES string of the molecule is CC1(C)CCCN(C(=O)c2ccc(Br)cc2F)C1. The van der Waals surface area contributed by atoms with Crippen molar-refractivity contribution in [3.63, 3.8) is 0 Å². The Hall–Kier alpha value is -0.900. The molecule has 0 spiro atoms. The van der Waals surface area contributed by atoms with E-state index in [-0.39, 0.29) is 16.9 Å². The van der Waals surface area contributed by atoms with Gasteiger partial charge in [-0.15, -0.1) is 0 Å². The molecule has 1 aromatic carbocycles. The highest BCUT2D eigenvalue weighted by Gasteiger charge is 2.30. The first kappa shape index (κ1) is 13.5. The molecule has 98 valence electrons. The van der Waals surface area contributed by atoms with Gasteiger partial charge in [0.05, 0.1) is 5.56 Å². The van der Waals surface area contributed by atoms with Crippen LogP contribution in [-0.2, 0) is 0 Å². The van der Waals surface area contributed by atoms with Crippen LogP contribution in [0, 0.1) is 11.2 Å². The summed E-state index contributed by atoms with van der Waals surface area (Å²) in [6.45, 7) is 5.70. The van der Waals surface area contributed by atoms with Crippen molar-refractivity contribution in [3.05, 3.63) is 34.1 Å². The highest BCUT2D eigenvalue weighted by Crippen LogP contribution is 2.29. The van der Waals surface area contributed by atoms with Gasteiger partial charge in [-0.1, -0.05) is 29.8 Å². The van der Waals surface area contributed by atoms with Crippen molar-refractivity contribution in [2.45, 2.75) is 26.7 Å². The molecule has 0 radical (unpaired) electrons. The first-order chi connectivity index (χ1) is 8.39. The number of benzene rings is 1. The molecular weight excluding hydrogens is 297 g/mol. The summed E-state index contributed by atoms with van der Waals surface area (Å²) in [4.78, 5) is 14.0. The molecule has 0 aliphatic carbocycles. The lowest BCUT2D eigenvalue weighted by Gasteiger charge is -2.38. The third-order valence-corrected chi connectivity index (χ3v) is 3.84. The van der Waals surface area contributed by atoms with Crippen LogP contribution in [0.5, 0.6) is 0 Å². The van der Waals surface area contributed by atoms with Crippen LogP contribution >= 0.6 is 15.9 Å². The van der Waals surface area contributed by atoms with Crippen molar-refractivity contribution in [1.29, 1.82) is 0 Å². The number of hydrogen-bond acceptors (Lipinski definition) is 1. The number of hydrogen-bond donors (Lipinski definition) is 0. The smallest absolute Gasteiger partial charge is 0.256 e. The molecule has 4 heteroatoms. The summed E-state index contributed by atoms with van der Waals surface area (Å²) >= 11 is 3.19. The summed E-state index contributed by atoms with van der Waals surface area (Å²) in [6, 6.07) is 4.58. The normalized spacial score (nSPS) is 18.8. The zero-order valence-electron chi connectivity index (χ0n) is 10.7. The van der Waals surface area contributed by atoms with E-state index < -0.39 is 5.82 Å². The summed E-state index contributed by atoms with van der Waals surface area (Å²) in [5, 5.41) is 0. The molecule has 0 unspecified atom stereocenters. The zero-order valence-corrected chi connectivity index (χ0v) is 12.3. The largest absolute Gasteiger partial charge is 0.338 e. The number of rotatable bonds is 1. The molecule has 0 bridgehead atoms. The molecule has 1 aromatic rings. The van der Waals surface area contributed by atoms with Crippen LogP contribution in [0.4, 0.5) is 4.39 Å². The standard InChI is InChI=1S/C14H17BrFNO/c1-14(2)6-3-7-17(9-14)13(18)11-5-4-10(15)8-12(11)16/h4-5,8H,3,6-7,9H2,1-2H3. The zero-order chi connectivity index (χ0) is 13.3. The third-order valence-electron chi connectivity index (χ3n) is 3.35. The number of likely N-dealkylation sites (tertiary alicyclic amines) is 1. The Morgan fingerprint density at radius 3 is 2.78 bits per heavy atom. The van der Waals surface area contributed by atoms with Gasteiger partial charge in [0.1, 0.15) is 5.82 Å². The highest BCUT2D eigenvalue weighted by molar-refractivity contribution is 9.10. The molecule has 1 aliphatic rings. The fourth-order valence-corrected chi connectivity index (χ4v) is 2.76. The van der Waals surface area contributed by atoms with Crippen LogP contribution in [0.15, 0.2) is 22.7 Å². The first-order valence-electron chi connectivity index (χ1n) is 6.13. The van der Waals surface area contributed by atoms with Crippen molar-refractivity contribution in [2.75, 3.05) is 13.1 Å². The van der Waals surface area contributed by atoms with Gasteiger partial charge in [0.15, 0.2) is 0 Å². The maximum absolute atomic E-state index is 13.8. The van der Waals surface area contributed by atoms with Gasteiger partial charge in [0.2, 0.25) is 0 Å². The molecular formula is C14H17BrFNO. The Morgan fingerprint density at radius 2 is 2.17 bits per heavy atom. The molecule has 2 rings (SSSR count). The van der Waals surface area contributed by atoms with Gasteiger partial charge >= 0.3 is 0 Å². The van der Waals surface area contributed by atoms with Crippen LogP contribution in [0.1, 0.15) is 37.0 Å². The third kappa shape index (κ3) is 2.91. The molecule has 1 amide bonds. The monoisotopic (exact) mass is 313 g/mol. The van der Waals surface area contributed by atoms with E-state index in [0.717, 1.165) is 19.4 Å². The molecule has 0 atom stereocenters. The number of piperidine rings is 1. The second-order valence-corrected chi connectivity index (χ2v) is 6.53. The van der Waals surface area contributed by atoms with Crippen molar-refractivity contribution in [2.24, 2.45) is 5.41 Å². The van der Waals surface area contributed by atoms with E-state index in [1.165, 1.54) is 6.07 Å². The number of halogens is 2. The molecule has 0 N–H and O–H groups in total. The Labute approximate surface area is 115 Å². The fraction of sp³-hybridized carbons (Fsp3) is 0.500. The topological polar surface area (TPSA) is 20.3 Å². The van der Waals surface area contributed by atoms with Crippen molar-refractivity contribution >= 4 is 21.8 Å². The number of nitrogens with zero attached hydrogens (tertiary/aromatic N) is 1. The van der Waals surface area contributed by atoms with Crippen LogP contribution in [0.3, 0.4) is 0 Å². The maximum atomic E-state index is 13.8. The molecule has 1 aliphatic heterocycles. The maximum Gasteiger partial charge on any atom is 0.256 e.